The van der Waals surface area contributed by atoms with Gasteiger partial charge in [-0.1, -0.05) is 36.9 Å². The average molecular weight is 392 g/mol. The van der Waals surface area contributed by atoms with E-state index in [4.69, 9.17) is 9.47 Å². The van der Waals surface area contributed by atoms with Crippen molar-refractivity contribution in [1.29, 1.82) is 0 Å². The molecular weight excluding hydrogens is 368 g/mol. The first kappa shape index (κ1) is 20.1. The Balaban J connectivity index is 1.75. The van der Waals surface area contributed by atoms with E-state index in [1.807, 2.05) is 43.3 Å². The summed E-state index contributed by atoms with van der Waals surface area (Å²) in [4.78, 5) is 13.2. The van der Waals surface area contributed by atoms with Gasteiger partial charge in [0.2, 0.25) is 5.95 Å². The van der Waals surface area contributed by atoms with Crippen molar-refractivity contribution in [3.8, 4) is 17.5 Å². The quantitative estimate of drug-likeness (QED) is 0.508. The van der Waals surface area contributed by atoms with Gasteiger partial charge in [-0.15, -0.1) is 0 Å². The molecule has 0 radical (unpaired) electrons. The van der Waals surface area contributed by atoms with Crippen molar-refractivity contribution in [2.24, 2.45) is 0 Å². The van der Waals surface area contributed by atoms with Gasteiger partial charge in [0, 0.05) is 13.0 Å². The molecule has 1 aromatic heterocycles. The van der Waals surface area contributed by atoms with E-state index in [2.05, 4.69) is 26.8 Å². The summed E-state index contributed by atoms with van der Waals surface area (Å²) < 4.78 is 11.1. The highest BCUT2D eigenvalue weighted by Gasteiger charge is 2.09. The van der Waals surface area contributed by atoms with Gasteiger partial charge < -0.3 is 19.9 Å². The van der Waals surface area contributed by atoms with Gasteiger partial charge >= 0.3 is 6.01 Å². The number of rotatable bonds is 10. The zero-order chi connectivity index (χ0) is 20.5. The average Bonchev–Trinajstić information content (AvgIpc) is 2.72. The Labute approximate surface area is 170 Å². The number of nitrogens with zero attached hydrogens (tertiary/aromatic N) is 3. The second-order valence-corrected chi connectivity index (χ2v) is 6.23. The van der Waals surface area contributed by atoms with Crippen LogP contribution in [0.2, 0.25) is 0 Å². The third-order valence-corrected chi connectivity index (χ3v) is 3.95. The second-order valence-electron chi connectivity index (χ2n) is 6.23. The molecule has 0 atom stereocenters. The molecule has 7 nitrogen and oxygen atoms in total. The maximum absolute atomic E-state index is 9.40. The van der Waals surface area contributed by atoms with E-state index in [1.165, 1.54) is 0 Å². The first-order valence-corrected chi connectivity index (χ1v) is 9.38. The molecule has 3 aromatic rings. The number of benzene rings is 2. The highest BCUT2D eigenvalue weighted by Crippen LogP contribution is 2.18. The van der Waals surface area contributed by atoms with Crippen LogP contribution in [-0.2, 0) is 13.0 Å². The molecule has 0 spiro atoms. The standard InChI is InChI=1S/C22H24N4O3/c1-3-12-29-19-7-5-6-17(13-19)14-20-24-21(26-22(25-20)28-4-2)23-15-16-8-10-18(27)11-9-16/h3,5-11,13,27H,1,4,12,14-15H2,2H3,(H,23,24,25,26). The number of phenolic OH excluding ortho intramolecular Hbond substituents is 1. The van der Waals surface area contributed by atoms with Crippen LogP contribution in [-0.4, -0.2) is 33.3 Å². The van der Waals surface area contributed by atoms with E-state index >= 15 is 0 Å². The molecule has 0 saturated carbocycles. The Morgan fingerprint density at radius 1 is 1.03 bits per heavy atom. The molecule has 0 saturated heterocycles. The van der Waals surface area contributed by atoms with Crippen LogP contribution in [0.5, 0.6) is 17.5 Å². The van der Waals surface area contributed by atoms with Crippen molar-refractivity contribution in [3.05, 3.63) is 78.1 Å². The highest BCUT2D eigenvalue weighted by atomic mass is 16.5. The molecule has 29 heavy (non-hydrogen) atoms. The normalized spacial score (nSPS) is 10.4. The van der Waals surface area contributed by atoms with Gasteiger partial charge in [0.25, 0.3) is 0 Å². The van der Waals surface area contributed by atoms with Crippen LogP contribution in [0.1, 0.15) is 23.9 Å². The molecule has 7 heteroatoms. The summed E-state index contributed by atoms with van der Waals surface area (Å²) in [5, 5.41) is 12.6. The monoisotopic (exact) mass is 392 g/mol. The fourth-order valence-electron chi connectivity index (χ4n) is 2.63. The van der Waals surface area contributed by atoms with E-state index in [-0.39, 0.29) is 11.8 Å². The summed E-state index contributed by atoms with van der Waals surface area (Å²) in [7, 11) is 0. The molecule has 3 rings (SSSR count). The van der Waals surface area contributed by atoms with Gasteiger partial charge in [-0.25, -0.2) is 0 Å². The largest absolute Gasteiger partial charge is 0.508 e. The Morgan fingerprint density at radius 2 is 1.86 bits per heavy atom. The lowest BCUT2D eigenvalue weighted by atomic mass is 10.1. The van der Waals surface area contributed by atoms with Crippen molar-refractivity contribution >= 4 is 5.95 Å². The molecule has 0 fully saturated rings. The minimum absolute atomic E-state index is 0.231. The molecule has 0 bridgehead atoms. The van der Waals surface area contributed by atoms with Crippen molar-refractivity contribution in [1.82, 2.24) is 15.0 Å². The van der Waals surface area contributed by atoms with Gasteiger partial charge in [-0.3, -0.25) is 0 Å². The Morgan fingerprint density at radius 3 is 2.62 bits per heavy atom. The summed E-state index contributed by atoms with van der Waals surface area (Å²) >= 11 is 0. The predicted molar refractivity (Wildman–Crippen MR) is 111 cm³/mol. The summed E-state index contributed by atoms with van der Waals surface area (Å²) in [6, 6.07) is 15.0. The maximum Gasteiger partial charge on any atom is 0.321 e. The lowest BCUT2D eigenvalue weighted by Gasteiger charge is -2.10. The molecule has 2 aromatic carbocycles. The summed E-state index contributed by atoms with van der Waals surface area (Å²) in [5.74, 6) is 2.03. The zero-order valence-corrected chi connectivity index (χ0v) is 16.3. The fraction of sp³-hybridized carbons (Fsp3) is 0.227. The first-order chi connectivity index (χ1) is 14.2. The van der Waals surface area contributed by atoms with Crippen molar-refractivity contribution in [2.45, 2.75) is 19.9 Å². The molecule has 0 unspecified atom stereocenters. The van der Waals surface area contributed by atoms with Gasteiger partial charge in [0.05, 0.1) is 6.61 Å². The van der Waals surface area contributed by atoms with Gasteiger partial charge in [0.1, 0.15) is 23.9 Å². The maximum atomic E-state index is 9.40. The van der Waals surface area contributed by atoms with E-state index in [0.29, 0.717) is 38.0 Å². The SMILES string of the molecule is C=CCOc1cccc(Cc2nc(NCc3ccc(O)cc3)nc(OCC)n2)c1. The first-order valence-electron chi connectivity index (χ1n) is 9.38. The molecule has 0 aliphatic rings. The van der Waals surface area contributed by atoms with E-state index in [1.54, 1.807) is 18.2 Å². The molecule has 2 N–H and O–H groups in total. The molecule has 150 valence electrons. The number of ether oxygens (including phenoxy) is 2. The third-order valence-electron chi connectivity index (χ3n) is 3.95. The van der Waals surface area contributed by atoms with Crippen LogP contribution in [0.4, 0.5) is 5.95 Å². The second kappa shape index (κ2) is 10.1. The number of anilines is 1. The van der Waals surface area contributed by atoms with Crippen molar-refractivity contribution < 1.29 is 14.6 Å². The smallest absolute Gasteiger partial charge is 0.321 e. The van der Waals surface area contributed by atoms with Crippen LogP contribution in [0, 0.1) is 0 Å². The predicted octanol–water partition coefficient (Wildman–Crippen LogP) is 3.74. The third kappa shape index (κ3) is 6.21. The highest BCUT2D eigenvalue weighted by molar-refractivity contribution is 5.34. The fourth-order valence-corrected chi connectivity index (χ4v) is 2.63. The lowest BCUT2D eigenvalue weighted by molar-refractivity contribution is 0.310. The van der Waals surface area contributed by atoms with Gasteiger partial charge in [-0.05, 0) is 42.3 Å². The molecule has 0 amide bonds. The minimum atomic E-state index is 0.231. The van der Waals surface area contributed by atoms with E-state index in [0.717, 1.165) is 16.9 Å². The van der Waals surface area contributed by atoms with Crippen LogP contribution in [0.25, 0.3) is 0 Å². The number of hydrogen-bond acceptors (Lipinski definition) is 7. The number of nitrogens with one attached hydrogen (secondary N) is 1. The topological polar surface area (TPSA) is 89.4 Å². The van der Waals surface area contributed by atoms with Crippen LogP contribution >= 0.6 is 0 Å². The van der Waals surface area contributed by atoms with E-state index < -0.39 is 0 Å². The lowest BCUT2D eigenvalue weighted by Crippen LogP contribution is -2.10. The number of phenols is 1. The molecular formula is C22H24N4O3. The Bertz CT molecular complexity index is 945. The van der Waals surface area contributed by atoms with Crippen molar-refractivity contribution in [2.75, 3.05) is 18.5 Å². The van der Waals surface area contributed by atoms with Gasteiger partial charge in [-0.2, -0.15) is 15.0 Å². The Hall–Kier alpha value is -3.61. The summed E-state index contributed by atoms with van der Waals surface area (Å²) in [6.07, 6.45) is 2.22. The number of aromatic hydroxyl groups is 1. The van der Waals surface area contributed by atoms with Crippen LogP contribution in [0.3, 0.4) is 0 Å². The van der Waals surface area contributed by atoms with Crippen LogP contribution in [0.15, 0.2) is 61.2 Å². The molecule has 1 heterocycles. The van der Waals surface area contributed by atoms with Gasteiger partial charge in [0.15, 0.2) is 0 Å². The molecule has 0 aliphatic carbocycles. The van der Waals surface area contributed by atoms with E-state index in [9.17, 15) is 5.11 Å². The van der Waals surface area contributed by atoms with Crippen molar-refractivity contribution in [3.63, 3.8) is 0 Å². The van der Waals surface area contributed by atoms with Crippen LogP contribution < -0.4 is 14.8 Å². The summed E-state index contributed by atoms with van der Waals surface area (Å²) in [5.41, 5.74) is 2.01. The minimum Gasteiger partial charge on any atom is -0.508 e. The zero-order valence-electron chi connectivity index (χ0n) is 16.3. The number of aromatic nitrogens is 3. The summed E-state index contributed by atoms with van der Waals surface area (Å²) in [6.45, 7) is 6.98. The molecule has 0 aliphatic heterocycles. The number of hydrogen-bond donors (Lipinski definition) is 2. The Kier molecular flexibility index (Phi) is 7.00.